The van der Waals surface area contributed by atoms with Crippen molar-refractivity contribution in [2.24, 2.45) is 0 Å². The third-order valence-corrected chi connectivity index (χ3v) is 3.23. The second-order valence-electron chi connectivity index (χ2n) is 4.32. The number of hydrogen-bond acceptors (Lipinski definition) is 3. The highest BCUT2D eigenvalue weighted by molar-refractivity contribution is 6.31. The normalized spacial score (nSPS) is 10.5. The summed E-state index contributed by atoms with van der Waals surface area (Å²) in [5.74, 6) is 0.548. The van der Waals surface area contributed by atoms with Gasteiger partial charge in [0.15, 0.2) is 5.89 Å². The van der Waals surface area contributed by atoms with Crippen LogP contribution in [0, 0.1) is 13.8 Å². The van der Waals surface area contributed by atoms with Crippen molar-refractivity contribution in [2.75, 3.05) is 5.32 Å². The summed E-state index contributed by atoms with van der Waals surface area (Å²) < 4.78 is 5.09. The summed E-state index contributed by atoms with van der Waals surface area (Å²) in [5, 5.41) is 3.49. The van der Waals surface area contributed by atoms with Crippen LogP contribution in [0.25, 0.3) is 0 Å². The third kappa shape index (κ3) is 3.58. The van der Waals surface area contributed by atoms with Crippen molar-refractivity contribution in [1.29, 1.82) is 0 Å². The van der Waals surface area contributed by atoms with E-state index in [1.807, 2.05) is 19.1 Å². The van der Waals surface area contributed by atoms with Crippen molar-refractivity contribution in [3.05, 3.63) is 46.6 Å². The number of halogens is 1. The van der Waals surface area contributed by atoms with Gasteiger partial charge in [0.1, 0.15) is 6.26 Å². The molecule has 0 spiro atoms. The number of hydrogen-bond donors (Lipinski definition) is 1. The van der Waals surface area contributed by atoms with Crippen molar-refractivity contribution in [2.45, 2.75) is 26.7 Å². The van der Waals surface area contributed by atoms with E-state index in [1.165, 1.54) is 0 Å². The number of carbonyl (C=O) groups is 1. The maximum Gasteiger partial charge on any atom is 0.224 e. The summed E-state index contributed by atoms with van der Waals surface area (Å²) in [6.45, 7) is 3.65. The molecule has 0 aliphatic heterocycles. The lowest BCUT2D eigenvalue weighted by Crippen LogP contribution is -2.13. The lowest BCUT2D eigenvalue weighted by Gasteiger charge is -2.08. The number of nitrogens with one attached hydrogen (secondary N) is 1. The summed E-state index contributed by atoms with van der Waals surface area (Å²) in [7, 11) is 0. The molecule has 1 amide bonds. The maximum absolute atomic E-state index is 11.8. The Bertz CT molecular complexity index is 593. The van der Waals surface area contributed by atoms with Crippen molar-refractivity contribution in [1.82, 2.24) is 4.98 Å². The van der Waals surface area contributed by atoms with Crippen LogP contribution >= 0.6 is 11.6 Å². The quantitative estimate of drug-likeness (QED) is 0.931. The highest BCUT2D eigenvalue weighted by Gasteiger charge is 2.08. The molecule has 0 atom stereocenters. The molecule has 2 rings (SSSR count). The fourth-order valence-corrected chi connectivity index (χ4v) is 1.89. The van der Waals surface area contributed by atoms with Crippen molar-refractivity contribution in [3.8, 4) is 0 Å². The molecule has 0 aliphatic carbocycles. The summed E-state index contributed by atoms with van der Waals surface area (Å²) in [4.78, 5) is 16.0. The number of rotatable bonds is 4. The summed E-state index contributed by atoms with van der Waals surface area (Å²) >= 11 is 6.00. The zero-order valence-corrected chi connectivity index (χ0v) is 11.6. The van der Waals surface area contributed by atoms with Gasteiger partial charge < -0.3 is 9.73 Å². The molecule has 1 aromatic carbocycles. The molecule has 0 saturated heterocycles. The first-order valence-corrected chi connectivity index (χ1v) is 6.40. The van der Waals surface area contributed by atoms with E-state index in [0.717, 1.165) is 16.9 Å². The molecular formula is C14H15ClN2O2. The second-order valence-corrected chi connectivity index (χ2v) is 4.73. The van der Waals surface area contributed by atoms with Crippen LogP contribution in [-0.4, -0.2) is 10.9 Å². The Morgan fingerprint density at radius 1 is 1.42 bits per heavy atom. The minimum absolute atomic E-state index is 0.0639. The predicted molar refractivity (Wildman–Crippen MR) is 74.4 cm³/mol. The van der Waals surface area contributed by atoms with E-state index in [-0.39, 0.29) is 5.91 Å². The SMILES string of the molecule is Cc1nc(CCC(=O)Nc2cccc(Cl)c2C)co1. The molecule has 0 unspecified atom stereocenters. The Morgan fingerprint density at radius 3 is 2.89 bits per heavy atom. The van der Waals surface area contributed by atoms with E-state index in [0.29, 0.717) is 23.8 Å². The molecule has 0 saturated carbocycles. The van der Waals surface area contributed by atoms with Gasteiger partial charge in [-0.15, -0.1) is 0 Å². The molecule has 100 valence electrons. The van der Waals surface area contributed by atoms with Crippen LogP contribution in [0.15, 0.2) is 28.9 Å². The number of benzene rings is 1. The number of carbonyl (C=O) groups excluding carboxylic acids is 1. The van der Waals surface area contributed by atoms with E-state index in [4.69, 9.17) is 16.0 Å². The van der Waals surface area contributed by atoms with Gasteiger partial charge in [0.25, 0.3) is 0 Å². The van der Waals surface area contributed by atoms with Gasteiger partial charge in [-0.25, -0.2) is 4.98 Å². The van der Waals surface area contributed by atoms with Crippen LogP contribution in [0.5, 0.6) is 0 Å². The number of amides is 1. The molecule has 2 aromatic rings. The summed E-state index contributed by atoms with van der Waals surface area (Å²) in [6.07, 6.45) is 2.49. The van der Waals surface area contributed by atoms with Crippen LogP contribution in [0.4, 0.5) is 5.69 Å². The predicted octanol–water partition coefficient (Wildman–Crippen LogP) is 3.52. The lowest BCUT2D eigenvalue weighted by molar-refractivity contribution is -0.116. The molecule has 1 N–H and O–H groups in total. The first kappa shape index (κ1) is 13.6. The number of oxazole rings is 1. The zero-order valence-electron chi connectivity index (χ0n) is 10.9. The molecule has 1 heterocycles. The van der Waals surface area contributed by atoms with Crippen LogP contribution in [0.1, 0.15) is 23.6 Å². The van der Waals surface area contributed by atoms with E-state index in [1.54, 1.807) is 19.3 Å². The van der Waals surface area contributed by atoms with E-state index in [2.05, 4.69) is 10.3 Å². The van der Waals surface area contributed by atoms with Gasteiger partial charge in [-0.3, -0.25) is 4.79 Å². The first-order chi connectivity index (χ1) is 9.06. The van der Waals surface area contributed by atoms with Gasteiger partial charge in [-0.2, -0.15) is 0 Å². The van der Waals surface area contributed by atoms with E-state index < -0.39 is 0 Å². The fraction of sp³-hybridized carbons (Fsp3) is 0.286. The first-order valence-electron chi connectivity index (χ1n) is 6.02. The van der Waals surface area contributed by atoms with Gasteiger partial charge in [0.05, 0.1) is 5.69 Å². The molecule has 0 radical (unpaired) electrons. The maximum atomic E-state index is 11.8. The van der Waals surface area contributed by atoms with Crippen molar-refractivity contribution < 1.29 is 9.21 Å². The van der Waals surface area contributed by atoms with Crippen LogP contribution in [0.3, 0.4) is 0 Å². The molecule has 0 bridgehead atoms. The van der Waals surface area contributed by atoms with Gasteiger partial charge in [-0.05, 0) is 24.6 Å². The average Bonchev–Trinajstić information content (AvgIpc) is 2.78. The van der Waals surface area contributed by atoms with Gasteiger partial charge in [0.2, 0.25) is 5.91 Å². The van der Waals surface area contributed by atoms with E-state index >= 15 is 0 Å². The third-order valence-electron chi connectivity index (χ3n) is 2.82. The largest absolute Gasteiger partial charge is 0.449 e. The van der Waals surface area contributed by atoms with Crippen molar-refractivity contribution in [3.63, 3.8) is 0 Å². The monoisotopic (exact) mass is 278 g/mol. The van der Waals surface area contributed by atoms with Gasteiger partial charge >= 0.3 is 0 Å². The van der Waals surface area contributed by atoms with Gasteiger partial charge in [0, 0.05) is 30.5 Å². The Labute approximate surface area is 116 Å². The highest BCUT2D eigenvalue weighted by Crippen LogP contribution is 2.23. The number of aromatic nitrogens is 1. The zero-order chi connectivity index (χ0) is 13.8. The Balaban J connectivity index is 1.92. The summed E-state index contributed by atoms with van der Waals surface area (Å²) in [5.41, 5.74) is 2.40. The molecule has 19 heavy (non-hydrogen) atoms. The Kier molecular flexibility index (Phi) is 4.22. The Morgan fingerprint density at radius 2 is 2.21 bits per heavy atom. The minimum Gasteiger partial charge on any atom is -0.449 e. The topological polar surface area (TPSA) is 55.1 Å². The number of anilines is 1. The second kappa shape index (κ2) is 5.89. The number of aryl methyl sites for hydroxylation is 2. The Hall–Kier alpha value is -1.81. The lowest BCUT2D eigenvalue weighted by atomic mass is 10.2. The van der Waals surface area contributed by atoms with E-state index in [9.17, 15) is 4.79 Å². The minimum atomic E-state index is -0.0639. The fourth-order valence-electron chi connectivity index (χ4n) is 1.72. The highest BCUT2D eigenvalue weighted by atomic mass is 35.5. The molecule has 5 heteroatoms. The molecule has 4 nitrogen and oxygen atoms in total. The molecule has 0 fully saturated rings. The molecular weight excluding hydrogens is 264 g/mol. The van der Waals surface area contributed by atoms with Crippen LogP contribution in [-0.2, 0) is 11.2 Å². The average molecular weight is 279 g/mol. The van der Waals surface area contributed by atoms with Crippen LogP contribution < -0.4 is 5.32 Å². The standard InChI is InChI=1S/C14H15ClN2O2/c1-9-12(15)4-3-5-13(9)17-14(18)7-6-11-8-19-10(2)16-11/h3-5,8H,6-7H2,1-2H3,(H,17,18). The smallest absolute Gasteiger partial charge is 0.224 e. The van der Waals surface area contributed by atoms with Gasteiger partial charge in [-0.1, -0.05) is 17.7 Å². The number of nitrogens with zero attached hydrogens (tertiary/aromatic N) is 1. The molecule has 1 aromatic heterocycles. The summed E-state index contributed by atoms with van der Waals surface area (Å²) in [6, 6.07) is 5.44. The molecule has 0 aliphatic rings. The van der Waals surface area contributed by atoms with Crippen molar-refractivity contribution >= 4 is 23.2 Å². The van der Waals surface area contributed by atoms with Crippen LogP contribution in [0.2, 0.25) is 5.02 Å².